The maximum Gasteiger partial charge on any atom is 0.131 e. The van der Waals surface area contributed by atoms with Gasteiger partial charge in [0, 0.05) is 18.2 Å². The number of anilines is 2. The van der Waals surface area contributed by atoms with Crippen molar-refractivity contribution in [2.75, 3.05) is 17.2 Å². The quantitative estimate of drug-likeness (QED) is 0.797. The summed E-state index contributed by atoms with van der Waals surface area (Å²) in [6, 6.07) is 1.97. The molecule has 0 bridgehead atoms. The third-order valence-electron chi connectivity index (χ3n) is 3.31. The lowest BCUT2D eigenvalue weighted by Gasteiger charge is -2.21. The Bertz CT molecular complexity index is 460. The standard InChI is InChI=1S/C16H26N4/c1-16(2,3)20-15-11-14(18-12-19-15)17-10-9-13-7-5-4-6-8-13/h7,11-12H,4-6,8-10H2,1-3H3,(H2,17,18,19,20). The highest BCUT2D eigenvalue weighted by Gasteiger charge is 2.10. The van der Waals surface area contributed by atoms with Crippen molar-refractivity contribution in [2.24, 2.45) is 0 Å². The zero-order valence-electron chi connectivity index (χ0n) is 12.9. The van der Waals surface area contributed by atoms with Gasteiger partial charge in [-0.2, -0.15) is 0 Å². The molecule has 0 amide bonds. The molecule has 0 saturated heterocycles. The first-order valence-corrected chi connectivity index (χ1v) is 7.55. The molecule has 20 heavy (non-hydrogen) atoms. The number of nitrogens with zero attached hydrogens (tertiary/aromatic N) is 2. The Balaban J connectivity index is 1.83. The molecule has 1 aromatic rings. The third-order valence-corrected chi connectivity index (χ3v) is 3.31. The number of aromatic nitrogens is 2. The van der Waals surface area contributed by atoms with Gasteiger partial charge < -0.3 is 10.6 Å². The van der Waals surface area contributed by atoms with Gasteiger partial charge in [-0.1, -0.05) is 11.6 Å². The molecule has 0 radical (unpaired) electrons. The monoisotopic (exact) mass is 274 g/mol. The lowest BCUT2D eigenvalue weighted by atomic mass is 9.97. The zero-order chi connectivity index (χ0) is 14.4. The minimum atomic E-state index is 0.0124. The highest BCUT2D eigenvalue weighted by atomic mass is 15.1. The van der Waals surface area contributed by atoms with Gasteiger partial charge in [-0.3, -0.25) is 0 Å². The summed E-state index contributed by atoms with van der Waals surface area (Å²) < 4.78 is 0. The predicted molar refractivity (Wildman–Crippen MR) is 85.1 cm³/mol. The summed E-state index contributed by atoms with van der Waals surface area (Å²) in [5, 5.41) is 6.74. The van der Waals surface area contributed by atoms with Gasteiger partial charge in [-0.25, -0.2) is 9.97 Å². The molecule has 2 rings (SSSR count). The number of hydrogen-bond donors (Lipinski definition) is 2. The van der Waals surface area contributed by atoms with Gasteiger partial charge in [0.1, 0.15) is 18.0 Å². The van der Waals surface area contributed by atoms with Crippen LogP contribution >= 0.6 is 0 Å². The van der Waals surface area contributed by atoms with Crippen LogP contribution in [0.3, 0.4) is 0 Å². The average Bonchev–Trinajstić information content (AvgIpc) is 2.38. The Labute approximate surface area is 122 Å². The van der Waals surface area contributed by atoms with Crippen molar-refractivity contribution in [1.82, 2.24) is 9.97 Å². The lowest BCUT2D eigenvalue weighted by molar-refractivity contribution is 0.630. The van der Waals surface area contributed by atoms with E-state index in [0.29, 0.717) is 0 Å². The van der Waals surface area contributed by atoms with Gasteiger partial charge >= 0.3 is 0 Å². The number of hydrogen-bond acceptors (Lipinski definition) is 4. The molecule has 110 valence electrons. The first-order valence-electron chi connectivity index (χ1n) is 7.55. The van der Waals surface area contributed by atoms with E-state index in [4.69, 9.17) is 0 Å². The Morgan fingerprint density at radius 3 is 2.65 bits per heavy atom. The third kappa shape index (κ3) is 5.19. The second-order valence-electron chi connectivity index (χ2n) is 6.45. The van der Waals surface area contributed by atoms with Crippen LogP contribution in [0.5, 0.6) is 0 Å². The van der Waals surface area contributed by atoms with Crippen LogP contribution in [0.2, 0.25) is 0 Å². The fraction of sp³-hybridized carbons (Fsp3) is 0.625. The lowest BCUT2D eigenvalue weighted by Crippen LogP contribution is -2.26. The van der Waals surface area contributed by atoms with Crippen molar-refractivity contribution < 1.29 is 0 Å². The van der Waals surface area contributed by atoms with Gasteiger partial charge in [-0.05, 0) is 52.9 Å². The maximum absolute atomic E-state index is 4.27. The molecule has 1 heterocycles. The summed E-state index contributed by atoms with van der Waals surface area (Å²) in [5.41, 5.74) is 1.60. The van der Waals surface area contributed by atoms with Crippen LogP contribution in [0.1, 0.15) is 52.9 Å². The van der Waals surface area contributed by atoms with Gasteiger partial charge in [0.25, 0.3) is 0 Å². The number of nitrogens with one attached hydrogen (secondary N) is 2. The molecule has 2 N–H and O–H groups in total. The molecule has 0 aliphatic heterocycles. The Kier molecular flexibility index (Phi) is 4.99. The van der Waals surface area contributed by atoms with Crippen molar-refractivity contribution in [3.8, 4) is 0 Å². The van der Waals surface area contributed by atoms with E-state index in [1.165, 1.54) is 25.7 Å². The maximum atomic E-state index is 4.27. The number of allylic oxidation sites excluding steroid dienone is 1. The predicted octanol–water partition coefficient (Wildman–Crippen LogP) is 3.99. The smallest absolute Gasteiger partial charge is 0.131 e. The van der Waals surface area contributed by atoms with Crippen molar-refractivity contribution in [3.63, 3.8) is 0 Å². The molecule has 0 fully saturated rings. The van der Waals surface area contributed by atoms with E-state index < -0.39 is 0 Å². The Morgan fingerprint density at radius 2 is 1.95 bits per heavy atom. The molecule has 1 aromatic heterocycles. The summed E-state index contributed by atoms with van der Waals surface area (Å²) in [6.45, 7) is 7.31. The SMILES string of the molecule is CC(C)(C)Nc1cc(NCCC2=CCCCC2)ncn1. The molecule has 0 saturated carbocycles. The normalized spacial score (nSPS) is 15.7. The van der Waals surface area contributed by atoms with Gasteiger partial charge in [0.2, 0.25) is 0 Å². The van der Waals surface area contributed by atoms with E-state index in [1.807, 2.05) is 6.07 Å². The highest BCUT2D eigenvalue weighted by molar-refractivity contribution is 5.47. The van der Waals surface area contributed by atoms with Gasteiger partial charge in [0.15, 0.2) is 0 Å². The summed E-state index contributed by atoms with van der Waals surface area (Å²) in [7, 11) is 0. The fourth-order valence-electron chi connectivity index (χ4n) is 2.39. The first kappa shape index (κ1) is 14.8. The van der Waals surface area contributed by atoms with Gasteiger partial charge in [0.05, 0.1) is 0 Å². The van der Waals surface area contributed by atoms with Crippen molar-refractivity contribution in [1.29, 1.82) is 0 Å². The second kappa shape index (κ2) is 6.73. The minimum absolute atomic E-state index is 0.0124. The van der Waals surface area contributed by atoms with Crippen LogP contribution in [-0.4, -0.2) is 22.1 Å². The van der Waals surface area contributed by atoms with Crippen LogP contribution in [0, 0.1) is 0 Å². The molecule has 0 aromatic carbocycles. The van der Waals surface area contributed by atoms with Crippen LogP contribution < -0.4 is 10.6 Å². The molecule has 0 spiro atoms. The van der Waals surface area contributed by atoms with E-state index in [9.17, 15) is 0 Å². The van der Waals surface area contributed by atoms with Crippen LogP contribution in [0.4, 0.5) is 11.6 Å². The molecule has 1 aliphatic rings. The van der Waals surface area contributed by atoms with E-state index in [2.05, 4.69) is 47.4 Å². The van der Waals surface area contributed by atoms with Crippen molar-refractivity contribution in [2.45, 2.75) is 58.4 Å². The van der Waals surface area contributed by atoms with Crippen molar-refractivity contribution in [3.05, 3.63) is 24.0 Å². The average molecular weight is 274 g/mol. The fourth-order valence-corrected chi connectivity index (χ4v) is 2.39. The molecular weight excluding hydrogens is 248 g/mol. The Hall–Kier alpha value is -1.58. The molecular formula is C16H26N4. The Morgan fingerprint density at radius 1 is 1.15 bits per heavy atom. The number of rotatable bonds is 5. The largest absolute Gasteiger partial charge is 0.370 e. The van der Waals surface area contributed by atoms with Crippen LogP contribution in [0.25, 0.3) is 0 Å². The van der Waals surface area contributed by atoms with E-state index in [0.717, 1.165) is 24.6 Å². The van der Waals surface area contributed by atoms with E-state index in [-0.39, 0.29) is 5.54 Å². The molecule has 0 unspecified atom stereocenters. The molecule has 0 atom stereocenters. The highest BCUT2D eigenvalue weighted by Crippen LogP contribution is 2.20. The van der Waals surface area contributed by atoms with Crippen molar-refractivity contribution >= 4 is 11.6 Å². The summed E-state index contributed by atoms with van der Waals surface area (Å²) >= 11 is 0. The molecule has 4 nitrogen and oxygen atoms in total. The van der Waals surface area contributed by atoms with E-state index >= 15 is 0 Å². The minimum Gasteiger partial charge on any atom is -0.370 e. The molecule has 4 heteroatoms. The first-order chi connectivity index (χ1) is 9.53. The molecule has 1 aliphatic carbocycles. The summed E-state index contributed by atoms with van der Waals surface area (Å²) in [5.74, 6) is 1.76. The second-order valence-corrected chi connectivity index (χ2v) is 6.45. The van der Waals surface area contributed by atoms with Crippen LogP contribution in [0.15, 0.2) is 24.0 Å². The topological polar surface area (TPSA) is 49.8 Å². The van der Waals surface area contributed by atoms with Gasteiger partial charge in [-0.15, -0.1) is 0 Å². The zero-order valence-corrected chi connectivity index (χ0v) is 12.9. The van der Waals surface area contributed by atoms with E-state index in [1.54, 1.807) is 11.9 Å². The summed E-state index contributed by atoms with van der Waals surface area (Å²) in [6.07, 6.45) is 10.3. The van der Waals surface area contributed by atoms with Crippen LogP contribution in [-0.2, 0) is 0 Å². The summed E-state index contributed by atoms with van der Waals surface area (Å²) in [4.78, 5) is 8.52.